The van der Waals surface area contributed by atoms with Crippen molar-refractivity contribution in [3.05, 3.63) is 95.0 Å². The van der Waals surface area contributed by atoms with Crippen molar-refractivity contribution in [3.63, 3.8) is 0 Å². The first kappa shape index (κ1) is 22.8. The molecule has 0 bridgehead atoms. The van der Waals surface area contributed by atoms with E-state index in [4.69, 9.17) is 16.3 Å². The quantitative estimate of drug-likeness (QED) is 0.381. The van der Waals surface area contributed by atoms with Gasteiger partial charge >= 0.3 is 0 Å². The lowest BCUT2D eigenvalue weighted by atomic mass is 9.95. The van der Waals surface area contributed by atoms with E-state index < -0.39 is 10.0 Å². The Balaban J connectivity index is 1.56. The van der Waals surface area contributed by atoms with E-state index in [2.05, 4.69) is 0 Å². The average molecular weight is 470 g/mol. The summed E-state index contributed by atoms with van der Waals surface area (Å²) in [6.45, 7) is 0.790. The summed E-state index contributed by atoms with van der Waals surface area (Å²) < 4.78 is 34.8. The first-order chi connectivity index (χ1) is 15.5. The molecule has 0 aromatic heterocycles. The summed E-state index contributed by atoms with van der Waals surface area (Å²) in [5, 5.41) is 0.524. The summed E-state index contributed by atoms with van der Waals surface area (Å²) in [6, 6.07) is 24.2. The number of benzene rings is 3. The summed E-state index contributed by atoms with van der Waals surface area (Å²) in [5.41, 5.74) is 2.01. The van der Waals surface area contributed by atoms with Crippen LogP contribution in [0.1, 0.15) is 43.2 Å². The lowest BCUT2D eigenvalue weighted by Gasteiger charge is -2.33. The average Bonchev–Trinajstić information content (AvgIpc) is 2.83. The van der Waals surface area contributed by atoms with Crippen LogP contribution in [0.25, 0.3) is 0 Å². The Bertz CT molecular complexity index is 1110. The molecule has 0 saturated heterocycles. The second-order valence-electron chi connectivity index (χ2n) is 8.22. The van der Waals surface area contributed by atoms with Crippen molar-refractivity contribution in [2.45, 2.75) is 56.2 Å². The number of ether oxygens (including phenoxy) is 1. The highest BCUT2D eigenvalue weighted by Crippen LogP contribution is 2.30. The number of hydrogen-bond donors (Lipinski definition) is 0. The van der Waals surface area contributed by atoms with Crippen LogP contribution in [0.2, 0.25) is 5.02 Å². The highest BCUT2D eigenvalue weighted by Gasteiger charge is 2.32. The van der Waals surface area contributed by atoms with Crippen LogP contribution in [-0.4, -0.2) is 18.8 Å². The van der Waals surface area contributed by atoms with E-state index in [-0.39, 0.29) is 10.9 Å². The molecule has 1 aliphatic rings. The van der Waals surface area contributed by atoms with Crippen LogP contribution < -0.4 is 4.74 Å². The maximum atomic E-state index is 13.6. The SMILES string of the molecule is O=S(=O)(c1ccc(Cl)cc1)N(Cc1cccc(OCc2ccccc2)c1)C1CCCCC1. The fraction of sp³-hybridized carbons (Fsp3) is 0.308. The molecule has 6 heteroatoms. The molecule has 32 heavy (non-hydrogen) atoms. The zero-order valence-electron chi connectivity index (χ0n) is 18.0. The van der Waals surface area contributed by atoms with Crippen molar-refractivity contribution in [2.75, 3.05) is 0 Å². The van der Waals surface area contributed by atoms with E-state index in [1.807, 2.05) is 54.6 Å². The molecule has 0 amide bonds. The van der Waals surface area contributed by atoms with Crippen molar-refractivity contribution in [3.8, 4) is 5.75 Å². The van der Waals surface area contributed by atoms with E-state index in [0.29, 0.717) is 18.2 Å². The van der Waals surface area contributed by atoms with Crippen molar-refractivity contribution in [1.29, 1.82) is 0 Å². The second-order valence-corrected chi connectivity index (χ2v) is 10.5. The van der Waals surface area contributed by atoms with Crippen LogP contribution >= 0.6 is 11.6 Å². The summed E-state index contributed by atoms with van der Waals surface area (Å²) in [6.07, 6.45) is 5.04. The molecule has 0 N–H and O–H groups in total. The van der Waals surface area contributed by atoms with Gasteiger partial charge in [-0.15, -0.1) is 0 Å². The normalized spacial score (nSPS) is 15.1. The molecular weight excluding hydrogens is 442 g/mol. The van der Waals surface area contributed by atoms with Crippen molar-refractivity contribution >= 4 is 21.6 Å². The van der Waals surface area contributed by atoms with Crippen LogP contribution in [0, 0.1) is 0 Å². The summed E-state index contributed by atoms with van der Waals surface area (Å²) >= 11 is 5.99. The maximum Gasteiger partial charge on any atom is 0.243 e. The van der Waals surface area contributed by atoms with Crippen LogP contribution in [0.5, 0.6) is 5.75 Å². The van der Waals surface area contributed by atoms with Gasteiger partial charge in [-0.3, -0.25) is 0 Å². The molecule has 0 spiro atoms. The van der Waals surface area contributed by atoms with Gasteiger partial charge in [0.05, 0.1) is 4.90 Å². The lowest BCUT2D eigenvalue weighted by Crippen LogP contribution is -2.40. The van der Waals surface area contributed by atoms with E-state index in [1.165, 1.54) is 0 Å². The Morgan fingerprint density at radius 2 is 1.53 bits per heavy atom. The number of sulfonamides is 1. The molecule has 1 fully saturated rings. The Morgan fingerprint density at radius 3 is 2.25 bits per heavy atom. The largest absolute Gasteiger partial charge is 0.489 e. The highest BCUT2D eigenvalue weighted by atomic mass is 35.5. The van der Waals surface area contributed by atoms with Crippen molar-refractivity contribution in [1.82, 2.24) is 4.31 Å². The van der Waals surface area contributed by atoms with E-state index >= 15 is 0 Å². The van der Waals surface area contributed by atoms with Gasteiger partial charge < -0.3 is 4.74 Å². The molecule has 4 nitrogen and oxygen atoms in total. The Hall–Kier alpha value is -2.34. The minimum atomic E-state index is -3.65. The molecular formula is C26H28ClNO3S. The Labute approximate surface area is 195 Å². The molecule has 1 aliphatic carbocycles. The van der Waals surface area contributed by atoms with Crippen molar-refractivity contribution in [2.24, 2.45) is 0 Å². The van der Waals surface area contributed by atoms with Gasteiger partial charge in [-0.05, 0) is 60.4 Å². The molecule has 3 aromatic carbocycles. The van der Waals surface area contributed by atoms with Gasteiger partial charge in [0.25, 0.3) is 0 Å². The second kappa shape index (κ2) is 10.5. The molecule has 0 heterocycles. The molecule has 1 saturated carbocycles. The summed E-state index contributed by atoms with van der Waals surface area (Å²) in [5.74, 6) is 0.735. The van der Waals surface area contributed by atoms with Gasteiger partial charge in [-0.25, -0.2) is 8.42 Å². The fourth-order valence-electron chi connectivity index (χ4n) is 4.18. The smallest absolute Gasteiger partial charge is 0.243 e. The zero-order valence-corrected chi connectivity index (χ0v) is 19.6. The molecule has 168 valence electrons. The standard InChI is InChI=1S/C26H28ClNO3S/c27-23-14-16-26(17-15-23)32(29,30)28(24-11-5-2-6-12-24)19-22-10-7-13-25(18-22)31-20-21-8-3-1-4-9-21/h1,3-4,7-10,13-18,24H,2,5-6,11-12,19-20H2. The molecule has 0 unspecified atom stereocenters. The monoisotopic (exact) mass is 469 g/mol. The van der Waals surface area contributed by atoms with Crippen LogP contribution in [0.3, 0.4) is 0 Å². The van der Waals surface area contributed by atoms with Crippen LogP contribution in [-0.2, 0) is 23.2 Å². The topological polar surface area (TPSA) is 46.6 Å². The molecule has 0 radical (unpaired) electrons. The van der Waals surface area contributed by atoms with Gasteiger partial charge in [-0.1, -0.05) is 73.3 Å². The molecule has 0 atom stereocenters. The van der Waals surface area contributed by atoms with E-state index in [1.54, 1.807) is 28.6 Å². The van der Waals surface area contributed by atoms with Gasteiger partial charge in [0.1, 0.15) is 12.4 Å². The predicted molar refractivity (Wildman–Crippen MR) is 128 cm³/mol. The minimum absolute atomic E-state index is 0.00155. The van der Waals surface area contributed by atoms with Gasteiger partial charge in [0.2, 0.25) is 10.0 Å². The van der Waals surface area contributed by atoms with E-state index in [9.17, 15) is 8.42 Å². The molecule has 3 aromatic rings. The lowest BCUT2D eigenvalue weighted by molar-refractivity contribution is 0.247. The Kier molecular flexibility index (Phi) is 7.51. The number of rotatable bonds is 8. The number of hydrogen-bond acceptors (Lipinski definition) is 3. The number of nitrogens with zero attached hydrogens (tertiary/aromatic N) is 1. The predicted octanol–water partition coefficient (Wildman–Crippen LogP) is 6.44. The van der Waals surface area contributed by atoms with Gasteiger partial charge in [0.15, 0.2) is 0 Å². The van der Waals surface area contributed by atoms with Gasteiger partial charge in [-0.2, -0.15) is 4.31 Å². The molecule has 4 rings (SSSR count). The first-order valence-corrected chi connectivity index (χ1v) is 12.9. The highest BCUT2D eigenvalue weighted by molar-refractivity contribution is 7.89. The summed E-state index contributed by atoms with van der Waals surface area (Å²) in [7, 11) is -3.65. The molecule has 0 aliphatic heterocycles. The zero-order chi connectivity index (χ0) is 22.4. The van der Waals surface area contributed by atoms with Crippen LogP contribution in [0.15, 0.2) is 83.8 Å². The minimum Gasteiger partial charge on any atom is -0.489 e. The third-order valence-corrected chi connectivity index (χ3v) is 8.05. The third kappa shape index (κ3) is 5.71. The maximum absolute atomic E-state index is 13.6. The van der Waals surface area contributed by atoms with Gasteiger partial charge in [0, 0.05) is 17.6 Å². The first-order valence-electron chi connectivity index (χ1n) is 11.1. The van der Waals surface area contributed by atoms with E-state index in [0.717, 1.165) is 49.0 Å². The third-order valence-electron chi connectivity index (χ3n) is 5.89. The summed E-state index contributed by atoms with van der Waals surface area (Å²) in [4.78, 5) is 0.281. The van der Waals surface area contributed by atoms with Crippen molar-refractivity contribution < 1.29 is 13.2 Å². The van der Waals surface area contributed by atoms with Crippen LogP contribution in [0.4, 0.5) is 0 Å². The fourth-order valence-corrected chi connectivity index (χ4v) is 5.97. The Morgan fingerprint density at radius 1 is 0.844 bits per heavy atom. The number of halogens is 1.